The first-order chi connectivity index (χ1) is 13.5. The Morgan fingerprint density at radius 2 is 1.29 bits per heavy atom. The summed E-state index contributed by atoms with van der Waals surface area (Å²) >= 11 is 5.93. The van der Waals surface area contributed by atoms with Crippen LogP contribution in [-0.2, 0) is 41.8 Å². The molecule has 7 heteroatoms. The Balaban J connectivity index is 1.78. The van der Waals surface area contributed by atoms with Crippen LogP contribution in [0.5, 0.6) is 0 Å². The van der Waals surface area contributed by atoms with E-state index in [-0.39, 0.29) is 24.0 Å². The summed E-state index contributed by atoms with van der Waals surface area (Å²) in [5.41, 5.74) is 0.879. The lowest BCUT2D eigenvalue weighted by Gasteiger charge is -2.11. The fourth-order valence-corrected chi connectivity index (χ4v) is 2.60. The molecule has 0 aromatic heterocycles. The largest absolute Gasteiger partial charge is 0.457 e. The molecule has 0 radical (unpaired) electrons. The molecule has 2 aromatic rings. The van der Waals surface area contributed by atoms with Crippen molar-refractivity contribution in [1.29, 1.82) is 0 Å². The fraction of sp³-hybridized carbons (Fsp3) is 0.0952. The van der Waals surface area contributed by atoms with Crippen LogP contribution in [-0.4, -0.2) is 17.9 Å². The fourth-order valence-electron chi connectivity index (χ4n) is 2.38. The summed E-state index contributed by atoms with van der Waals surface area (Å²) in [5.74, 6) is -3.16. The van der Waals surface area contributed by atoms with Crippen LogP contribution < -0.4 is 0 Å². The molecule has 1 aliphatic heterocycles. The van der Waals surface area contributed by atoms with Gasteiger partial charge in [0.1, 0.15) is 13.2 Å². The van der Waals surface area contributed by atoms with E-state index in [0.717, 1.165) is 17.2 Å². The van der Waals surface area contributed by atoms with Crippen LogP contribution in [0.2, 0.25) is 0 Å². The van der Waals surface area contributed by atoms with E-state index in [9.17, 15) is 14.4 Å². The zero-order valence-corrected chi connectivity index (χ0v) is 15.3. The Bertz CT molecular complexity index is 890. The lowest BCUT2D eigenvalue weighted by molar-refractivity contribution is -0.149. The van der Waals surface area contributed by atoms with Crippen LogP contribution in [0.15, 0.2) is 83.1 Å². The van der Waals surface area contributed by atoms with Gasteiger partial charge in [-0.1, -0.05) is 72.3 Å². The zero-order chi connectivity index (χ0) is 19.9. The maximum absolute atomic E-state index is 12.6. The second kappa shape index (κ2) is 9.01. The van der Waals surface area contributed by atoms with Crippen LogP contribution in [0.3, 0.4) is 0 Å². The van der Waals surface area contributed by atoms with Crippen molar-refractivity contribution in [2.75, 3.05) is 0 Å². The Kier molecular flexibility index (Phi) is 6.24. The number of carbonyl (C=O) groups excluding carboxylic acids is 3. The molecular formula is C21H15ClO6. The number of ether oxygens (including phenoxy) is 3. The quantitative estimate of drug-likeness (QED) is 0.244. The summed E-state index contributed by atoms with van der Waals surface area (Å²) in [6, 6.07) is 17.8. The van der Waals surface area contributed by atoms with Gasteiger partial charge in [0.25, 0.3) is 0 Å². The molecule has 0 unspecified atom stereocenters. The molecule has 6 nitrogen and oxygen atoms in total. The Hall–Kier alpha value is -3.38. The van der Waals surface area contributed by atoms with E-state index in [1.54, 1.807) is 48.5 Å². The third-order valence-corrected chi connectivity index (χ3v) is 4.01. The van der Waals surface area contributed by atoms with Gasteiger partial charge in [0.2, 0.25) is 0 Å². The molecule has 0 atom stereocenters. The van der Waals surface area contributed by atoms with Crippen molar-refractivity contribution in [3.63, 3.8) is 0 Å². The van der Waals surface area contributed by atoms with E-state index in [1.807, 2.05) is 12.1 Å². The number of esters is 3. The lowest BCUT2D eigenvalue weighted by Crippen LogP contribution is -2.21. The molecule has 28 heavy (non-hydrogen) atoms. The average Bonchev–Trinajstić information content (AvgIpc) is 3.04. The van der Waals surface area contributed by atoms with Crippen molar-refractivity contribution in [3.05, 3.63) is 94.2 Å². The van der Waals surface area contributed by atoms with E-state index in [1.165, 1.54) is 0 Å². The summed E-state index contributed by atoms with van der Waals surface area (Å²) in [5, 5.41) is -0.173. The van der Waals surface area contributed by atoms with E-state index < -0.39 is 23.5 Å². The highest BCUT2D eigenvalue weighted by Crippen LogP contribution is 2.28. The molecule has 0 fully saturated rings. The van der Waals surface area contributed by atoms with Crippen LogP contribution in [0, 0.1) is 0 Å². The van der Waals surface area contributed by atoms with Gasteiger partial charge < -0.3 is 14.2 Å². The summed E-state index contributed by atoms with van der Waals surface area (Å²) in [6.45, 7) is -0.143. The normalized spacial score (nSPS) is 12.8. The van der Waals surface area contributed by atoms with Gasteiger partial charge in [-0.25, -0.2) is 14.4 Å². The highest BCUT2D eigenvalue weighted by atomic mass is 35.5. The van der Waals surface area contributed by atoms with Crippen molar-refractivity contribution >= 4 is 29.5 Å². The summed E-state index contributed by atoms with van der Waals surface area (Å²) < 4.78 is 15.3. The van der Waals surface area contributed by atoms with Crippen molar-refractivity contribution in [3.8, 4) is 0 Å². The molecule has 1 heterocycles. The van der Waals surface area contributed by atoms with Crippen LogP contribution in [0.1, 0.15) is 11.1 Å². The maximum Gasteiger partial charge on any atom is 0.349 e. The molecule has 3 rings (SSSR count). The molecule has 0 spiro atoms. The van der Waals surface area contributed by atoms with Gasteiger partial charge in [-0.3, -0.25) is 0 Å². The molecule has 142 valence electrons. The first kappa shape index (κ1) is 19.4. The van der Waals surface area contributed by atoms with Gasteiger partial charge in [-0.05, 0) is 11.1 Å². The number of hydrogen-bond acceptors (Lipinski definition) is 6. The molecule has 0 saturated carbocycles. The second-order valence-electron chi connectivity index (χ2n) is 5.74. The monoisotopic (exact) mass is 398 g/mol. The maximum atomic E-state index is 12.6. The first-order valence-corrected chi connectivity index (χ1v) is 8.68. The number of hydrogen-bond donors (Lipinski definition) is 0. The predicted molar refractivity (Wildman–Crippen MR) is 99.5 cm³/mol. The van der Waals surface area contributed by atoms with E-state index in [0.29, 0.717) is 0 Å². The average molecular weight is 399 g/mol. The Labute approximate surface area is 166 Å². The van der Waals surface area contributed by atoms with Crippen molar-refractivity contribution in [2.24, 2.45) is 0 Å². The highest BCUT2D eigenvalue weighted by Gasteiger charge is 2.33. The minimum absolute atomic E-state index is 0.0717. The van der Waals surface area contributed by atoms with E-state index in [2.05, 4.69) is 0 Å². The van der Waals surface area contributed by atoms with Gasteiger partial charge >= 0.3 is 17.9 Å². The zero-order valence-electron chi connectivity index (χ0n) is 14.6. The topological polar surface area (TPSA) is 78.9 Å². The highest BCUT2D eigenvalue weighted by molar-refractivity contribution is 6.35. The third kappa shape index (κ3) is 4.86. The number of allylic oxidation sites excluding steroid dienone is 1. The van der Waals surface area contributed by atoms with E-state index in [4.69, 9.17) is 25.8 Å². The predicted octanol–water partition coefficient (Wildman–Crippen LogP) is 3.41. The smallest absolute Gasteiger partial charge is 0.349 e. The summed E-state index contributed by atoms with van der Waals surface area (Å²) in [7, 11) is 0. The molecule has 0 N–H and O–H groups in total. The molecule has 0 bridgehead atoms. The number of benzene rings is 2. The van der Waals surface area contributed by atoms with Crippen LogP contribution in [0.25, 0.3) is 0 Å². The first-order valence-electron chi connectivity index (χ1n) is 8.30. The summed E-state index contributed by atoms with van der Waals surface area (Å²) in [6.07, 6.45) is 0.964. The molecule has 2 aromatic carbocycles. The number of carbonyl (C=O) groups is 3. The third-order valence-electron chi connectivity index (χ3n) is 3.72. The van der Waals surface area contributed by atoms with Gasteiger partial charge in [0.15, 0.2) is 11.3 Å². The van der Waals surface area contributed by atoms with Gasteiger partial charge in [0, 0.05) is 6.08 Å². The van der Waals surface area contributed by atoms with Crippen LogP contribution in [0.4, 0.5) is 0 Å². The van der Waals surface area contributed by atoms with Gasteiger partial charge in [-0.15, -0.1) is 0 Å². The Morgan fingerprint density at radius 1 is 0.821 bits per heavy atom. The van der Waals surface area contributed by atoms with Gasteiger partial charge in [0.05, 0.1) is 5.03 Å². The SMILES string of the molecule is O=C1C=C(Cl)C(=C(C(=O)OCc2ccccc2)C(=O)OCc2ccccc2)O1. The molecule has 0 saturated heterocycles. The van der Waals surface area contributed by atoms with Gasteiger partial charge in [-0.2, -0.15) is 0 Å². The van der Waals surface area contributed by atoms with Crippen molar-refractivity contribution in [2.45, 2.75) is 13.2 Å². The van der Waals surface area contributed by atoms with Crippen molar-refractivity contribution in [1.82, 2.24) is 0 Å². The number of rotatable bonds is 6. The van der Waals surface area contributed by atoms with Crippen molar-refractivity contribution < 1.29 is 28.6 Å². The Morgan fingerprint density at radius 3 is 1.68 bits per heavy atom. The summed E-state index contributed by atoms with van der Waals surface area (Å²) in [4.78, 5) is 36.6. The number of cyclic esters (lactones) is 1. The minimum Gasteiger partial charge on any atom is -0.457 e. The molecule has 0 amide bonds. The molecular weight excluding hydrogens is 384 g/mol. The number of halogens is 1. The molecule has 1 aliphatic rings. The minimum atomic E-state index is -1.00. The second-order valence-corrected chi connectivity index (χ2v) is 6.15. The van der Waals surface area contributed by atoms with E-state index >= 15 is 0 Å². The lowest BCUT2D eigenvalue weighted by atomic mass is 10.2. The molecule has 0 aliphatic carbocycles. The van der Waals surface area contributed by atoms with Crippen LogP contribution >= 0.6 is 11.6 Å². The standard InChI is InChI=1S/C21H15ClO6/c22-16-11-17(23)28-19(16)18(20(24)26-12-14-7-3-1-4-8-14)21(25)27-13-15-9-5-2-6-10-15/h1-11H,12-13H2.